The molecule has 4 rings (SSSR count). The predicted molar refractivity (Wildman–Crippen MR) is 96.3 cm³/mol. The molecule has 1 amide bonds. The summed E-state index contributed by atoms with van der Waals surface area (Å²) in [4.78, 5) is 40.6. The lowest BCUT2D eigenvalue weighted by molar-refractivity contribution is 0.0792. The van der Waals surface area contributed by atoms with Gasteiger partial charge in [-0.1, -0.05) is 0 Å². The minimum Gasteiger partial charge on any atom is -0.493 e. The van der Waals surface area contributed by atoms with E-state index in [9.17, 15) is 9.59 Å². The van der Waals surface area contributed by atoms with Gasteiger partial charge in [-0.15, -0.1) is 0 Å². The summed E-state index contributed by atoms with van der Waals surface area (Å²) in [5, 5.41) is 0. The van der Waals surface area contributed by atoms with E-state index >= 15 is 0 Å². The fourth-order valence-corrected chi connectivity index (χ4v) is 3.20. The lowest BCUT2D eigenvalue weighted by Crippen LogP contribution is -2.27. The van der Waals surface area contributed by atoms with Crippen LogP contribution in [0.4, 0.5) is 0 Å². The fourth-order valence-electron chi connectivity index (χ4n) is 3.20. The third-order valence-electron chi connectivity index (χ3n) is 4.47. The van der Waals surface area contributed by atoms with Crippen LogP contribution < -0.4 is 10.3 Å². The molecule has 0 saturated carbocycles. The first-order valence-electron chi connectivity index (χ1n) is 8.67. The summed E-state index contributed by atoms with van der Waals surface area (Å²) in [6.45, 7) is 3.88. The molecule has 3 aromatic rings. The summed E-state index contributed by atoms with van der Waals surface area (Å²) in [5.74, 6) is 0.885. The van der Waals surface area contributed by atoms with Crippen LogP contribution in [0.25, 0.3) is 22.6 Å². The number of aromatic nitrogens is 4. The molecular formula is C18H19N5O3. The largest absolute Gasteiger partial charge is 0.493 e. The van der Waals surface area contributed by atoms with Gasteiger partial charge in [0.25, 0.3) is 11.5 Å². The lowest BCUT2D eigenvalue weighted by atomic mass is 10.1. The summed E-state index contributed by atoms with van der Waals surface area (Å²) in [6, 6.07) is 5.22. The average Bonchev–Trinajstić information content (AvgIpc) is 3.33. The Kier molecular flexibility index (Phi) is 4.16. The molecule has 1 aliphatic rings. The summed E-state index contributed by atoms with van der Waals surface area (Å²) in [7, 11) is 0. The van der Waals surface area contributed by atoms with E-state index in [0.717, 1.165) is 25.9 Å². The van der Waals surface area contributed by atoms with Crippen molar-refractivity contribution >= 4 is 17.1 Å². The number of hydrogen-bond donors (Lipinski definition) is 2. The molecule has 0 atom stereocenters. The van der Waals surface area contributed by atoms with Crippen LogP contribution in [0.1, 0.15) is 30.1 Å². The molecule has 8 heteroatoms. The third-order valence-corrected chi connectivity index (χ3v) is 4.47. The van der Waals surface area contributed by atoms with Crippen molar-refractivity contribution in [1.82, 2.24) is 24.8 Å². The van der Waals surface area contributed by atoms with Crippen LogP contribution in [0.5, 0.6) is 5.75 Å². The Balaban J connectivity index is 1.77. The van der Waals surface area contributed by atoms with Crippen LogP contribution in [0, 0.1) is 0 Å². The molecule has 8 nitrogen and oxygen atoms in total. The molecular weight excluding hydrogens is 334 g/mol. The molecule has 3 heterocycles. The zero-order chi connectivity index (χ0) is 18.1. The van der Waals surface area contributed by atoms with Gasteiger partial charge in [-0.2, -0.15) is 0 Å². The predicted octanol–water partition coefficient (Wildman–Crippen LogP) is 1.95. The van der Waals surface area contributed by atoms with Crippen LogP contribution >= 0.6 is 0 Å². The molecule has 2 aromatic heterocycles. The van der Waals surface area contributed by atoms with Gasteiger partial charge in [-0.25, -0.2) is 9.97 Å². The number of likely N-dealkylation sites (tertiary alicyclic amines) is 1. The maximum absolute atomic E-state index is 12.6. The van der Waals surface area contributed by atoms with Crippen molar-refractivity contribution in [2.45, 2.75) is 19.8 Å². The molecule has 1 fully saturated rings. The number of nitrogens with zero attached hydrogens (tertiary/aromatic N) is 3. The second-order valence-electron chi connectivity index (χ2n) is 6.16. The van der Waals surface area contributed by atoms with Crippen LogP contribution in [0.2, 0.25) is 0 Å². The molecule has 1 saturated heterocycles. The normalized spacial score (nSPS) is 14.1. The number of aromatic amines is 2. The molecule has 26 heavy (non-hydrogen) atoms. The average molecular weight is 353 g/mol. The van der Waals surface area contributed by atoms with Crippen molar-refractivity contribution in [2.75, 3.05) is 19.7 Å². The number of imidazole rings is 1. The van der Waals surface area contributed by atoms with Crippen molar-refractivity contribution < 1.29 is 9.53 Å². The Morgan fingerprint density at radius 1 is 1.31 bits per heavy atom. The zero-order valence-electron chi connectivity index (χ0n) is 14.4. The second-order valence-corrected chi connectivity index (χ2v) is 6.16. The maximum Gasteiger partial charge on any atom is 0.279 e. The SMILES string of the molecule is CCOc1cc(C(=O)N2CCCC2)ccc1-c1nc2[nH]cnc2c(=O)[nH]1. The van der Waals surface area contributed by atoms with E-state index in [-0.39, 0.29) is 17.0 Å². The highest BCUT2D eigenvalue weighted by atomic mass is 16.5. The van der Waals surface area contributed by atoms with E-state index in [1.165, 1.54) is 6.33 Å². The van der Waals surface area contributed by atoms with Crippen LogP contribution in [0.15, 0.2) is 29.3 Å². The van der Waals surface area contributed by atoms with Gasteiger partial charge >= 0.3 is 0 Å². The standard InChI is InChI=1S/C18H19N5O3/c1-2-26-13-9-11(18(25)23-7-3-4-8-23)5-6-12(13)15-21-16-14(17(24)22-15)19-10-20-16/h5-6,9-10H,2-4,7-8H2,1H3,(H2,19,20,21,22,24). The number of hydrogen-bond acceptors (Lipinski definition) is 5. The summed E-state index contributed by atoms with van der Waals surface area (Å²) < 4.78 is 5.72. The number of benzene rings is 1. The van der Waals surface area contributed by atoms with Crippen LogP contribution in [-0.4, -0.2) is 50.4 Å². The highest BCUT2D eigenvalue weighted by Crippen LogP contribution is 2.29. The number of carbonyl (C=O) groups excluding carboxylic acids is 1. The van der Waals surface area contributed by atoms with E-state index < -0.39 is 0 Å². The molecule has 0 radical (unpaired) electrons. The maximum atomic E-state index is 12.6. The number of rotatable bonds is 4. The van der Waals surface area contributed by atoms with E-state index in [4.69, 9.17) is 4.74 Å². The topological polar surface area (TPSA) is 104 Å². The van der Waals surface area contributed by atoms with Gasteiger partial charge in [-0.3, -0.25) is 9.59 Å². The Morgan fingerprint density at radius 3 is 2.88 bits per heavy atom. The van der Waals surface area contributed by atoms with Gasteiger partial charge in [0.15, 0.2) is 11.2 Å². The van der Waals surface area contributed by atoms with Gasteiger partial charge in [0.05, 0.1) is 18.5 Å². The number of ether oxygens (including phenoxy) is 1. The Hall–Kier alpha value is -3.16. The zero-order valence-corrected chi connectivity index (χ0v) is 14.4. The minimum atomic E-state index is -0.328. The molecule has 0 spiro atoms. The molecule has 0 aliphatic carbocycles. The first-order valence-corrected chi connectivity index (χ1v) is 8.67. The van der Waals surface area contributed by atoms with Gasteiger partial charge in [-0.05, 0) is 38.0 Å². The summed E-state index contributed by atoms with van der Waals surface area (Å²) in [6.07, 6.45) is 3.51. The first kappa shape index (κ1) is 16.3. The summed E-state index contributed by atoms with van der Waals surface area (Å²) >= 11 is 0. The van der Waals surface area contributed by atoms with E-state index in [0.29, 0.717) is 35.0 Å². The number of H-pyrrole nitrogens is 2. The van der Waals surface area contributed by atoms with Gasteiger partial charge < -0.3 is 19.6 Å². The molecule has 1 aliphatic heterocycles. The molecule has 0 bridgehead atoms. The Labute approximate surface area is 149 Å². The number of carbonyl (C=O) groups is 1. The summed E-state index contributed by atoms with van der Waals surface area (Å²) in [5.41, 5.74) is 1.53. The van der Waals surface area contributed by atoms with Crippen LogP contribution in [-0.2, 0) is 0 Å². The van der Waals surface area contributed by atoms with Crippen molar-refractivity contribution in [1.29, 1.82) is 0 Å². The van der Waals surface area contributed by atoms with Crippen molar-refractivity contribution in [3.8, 4) is 17.1 Å². The smallest absolute Gasteiger partial charge is 0.279 e. The van der Waals surface area contributed by atoms with E-state index in [2.05, 4.69) is 19.9 Å². The van der Waals surface area contributed by atoms with Gasteiger partial charge in [0, 0.05) is 18.7 Å². The number of fused-ring (bicyclic) bond motifs is 1. The highest BCUT2D eigenvalue weighted by Gasteiger charge is 2.21. The third kappa shape index (κ3) is 2.83. The second kappa shape index (κ2) is 6.62. The van der Waals surface area contributed by atoms with Gasteiger partial charge in [0.2, 0.25) is 0 Å². The molecule has 134 valence electrons. The molecule has 2 N–H and O–H groups in total. The Morgan fingerprint density at radius 2 is 2.12 bits per heavy atom. The van der Waals surface area contributed by atoms with E-state index in [1.807, 2.05) is 11.8 Å². The Bertz CT molecular complexity index is 1020. The van der Waals surface area contributed by atoms with Crippen molar-refractivity contribution in [3.05, 3.63) is 40.4 Å². The minimum absolute atomic E-state index is 0.000440. The number of nitrogens with one attached hydrogen (secondary N) is 2. The quantitative estimate of drug-likeness (QED) is 0.746. The molecule has 1 aromatic carbocycles. The fraction of sp³-hybridized carbons (Fsp3) is 0.333. The van der Waals surface area contributed by atoms with Gasteiger partial charge in [0.1, 0.15) is 11.6 Å². The van der Waals surface area contributed by atoms with Crippen LogP contribution in [0.3, 0.4) is 0 Å². The highest BCUT2D eigenvalue weighted by molar-refractivity contribution is 5.95. The molecule has 0 unspecified atom stereocenters. The van der Waals surface area contributed by atoms with Crippen molar-refractivity contribution in [3.63, 3.8) is 0 Å². The number of amides is 1. The van der Waals surface area contributed by atoms with Crippen molar-refractivity contribution in [2.24, 2.45) is 0 Å². The monoisotopic (exact) mass is 353 g/mol. The first-order chi connectivity index (χ1) is 12.7. The van der Waals surface area contributed by atoms with E-state index in [1.54, 1.807) is 18.2 Å². The lowest BCUT2D eigenvalue weighted by Gasteiger charge is -2.17.